The molecular formula is C20H26O8. The van der Waals surface area contributed by atoms with E-state index in [9.17, 15) is 19.8 Å². The van der Waals surface area contributed by atoms with Crippen LogP contribution in [-0.2, 0) is 19.1 Å². The van der Waals surface area contributed by atoms with E-state index in [0.717, 1.165) is 0 Å². The fraction of sp³-hybridized carbons (Fsp3) is 0.400. The molecule has 0 radical (unpaired) electrons. The van der Waals surface area contributed by atoms with Gasteiger partial charge in [0.2, 0.25) is 34.6 Å². The van der Waals surface area contributed by atoms with Crippen molar-refractivity contribution in [3.63, 3.8) is 0 Å². The molecule has 1 aliphatic carbocycles. The zero-order valence-electron chi connectivity index (χ0n) is 17.3. The van der Waals surface area contributed by atoms with E-state index in [4.69, 9.17) is 18.9 Å². The van der Waals surface area contributed by atoms with E-state index in [1.807, 2.05) is 0 Å². The van der Waals surface area contributed by atoms with Crippen molar-refractivity contribution >= 4 is 11.6 Å². The van der Waals surface area contributed by atoms with E-state index in [0.29, 0.717) is 22.3 Å². The number of allylic oxidation sites excluding steroid dienone is 2. The summed E-state index contributed by atoms with van der Waals surface area (Å²) in [5, 5.41) is 19.4. The van der Waals surface area contributed by atoms with Gasteiger partial charge in [0.1, 0.15) is 0 Å². The lowest BCUT2D eigenvalue weighted by molar-refractivity contribution is -0.121. The molecule has 0 aliphatic heterocycles. The first-order valence-corrected chi connectivity index (χ1v) is 8.30. The molecule has 0 fully saturated rings. The second-order valence-corrected chi connectivity index (χ2v) is 5.99. The third kappa shape index (κ3) is 3.90. The molecule has 154 valence electrons. The second-order valence-electron chi connectivity index (χ2n) is 5.99. The van der Waals surface area contributed by atoms with E-state index in [2.05, 4.69) is 0 Å². The first kappa shape index (κ1) is 22.9. The Hall–Kier alpha value is -3.16. The predicted molar refractivity (Wildman–Crippen MR) is 102 cm³/mol. The lowest BCUT2D eigenvalue weighted by Gasteiger charge is -2.17. The quantitative estimate of drug-likeness (QED) is 0.592. The first-order valence-electron chi connectivity index (χ1n) is 8.30. The number of carbonyl (C=O) groups excluding carboxylic acids is 2. The molecule has 1 aliphatic rings. The molecule has 0 saturated carbocycles. The number of hydrogen-bond donors (Lipinski definition) is 2. The highest BCUT2D eigenvalue weighted by atomic mass is 16.5. The highest BCUT2D eigenvalue weighted by Gasteiger charge is 2.32. The molecule has 2 rings (SSSR count). The summed E-state index contributed by atoms with van der Waals surface area (Å²) in [4.78, 5) is 23.2. The molecule has 2 N–H and O–H groups in total. The van der Waals surface area contributed by atoms with E-state index in [-0.39, 0.29) is 46.1 Å². The number of aromatic hydroxyl groups is 2. The Bertz CT molecular complexity index is 793. The Morgan fingerprint density at radius 2 is 0.857 bits per heavy atom. The number of hydrogen-bond acceptors (Lipinski definition) is 8. The number of carbonyl (C=O) groups is 2. The average Bonchev–Trinajstić information content (AvgIpc) is 2.70. The number of Topliss-reactive ketones (excluding diaryl/α,β-unsaturated/α-hetero) is 2. The molecule has 0 atom stereocenters. The number of benzene rings is 1. The molecule has 28 heavy (non-hydrogen) atoms. The minimum absolute atomic E-state index is 0.000324. The van der Waals surface area contributed by atoms with Crippen LogP contribution in [0.25, 0.3) is 0 Å². The van der Waals surface area contributed by atoms with Gasteiger partial charge in [0.15, 0.2) is 11.5 Å². The minimum atomic E-state index is -0.290. The molecule has 1 aromatic rings. The van der Waals surface area contributed by atoms with Crippen LogP contribution in [0.4, 0.5) is 0 Å². The van der Waals surface area contributed by atoms with Crippen LogP contribution in [0.2, 0.25) is 0 Å². The molecule has 0 bridgehead atoms. The van der Waals surface area contributed by atoms with Crippen LogP contribution in [0.1, 0.15) is 25.0 Å². The smallest absolute Gasteiger partial charge is 0.227 e. The fourth-order valence-corrected chi connectivity index (χ4v) is 2.55. The zero-order chi connectivity index (χ0) is 21.8. The van der Waals surface area contributed by atoms with Crippen LogP contribution in [0.5, 0.6) is 23.0 Å². The number of phenols is 2. The van der Waals surface area contributed by atoms with Crippen LogP contribution < -0.4 is 9.47 Å². The number of rotatable bonds is 4. The summed E-state index contributed by atoms with van der Waals surface area (Å²) in [5.74, 6) is -0.287. The second kappa shape index (κ2) is 9.16. The molecule has 0 spiro atoms. The lowest BCUT2D eigenvalue weighted by Crippen LogP contribution is -2.23. The zero-order valence-corrected chi connectivity index (χ0v) is 17.3. The number of ketones is 2. The van der Waals surface area contributed by atoms with Gasteiger partial charge in [-0.15, -0.1) is 0 Å². The molecule has 0 amide bonds. The third-order valence-corrected chi connectivity index (χ3v) is 4.59. The Labute approximate surface area is 164 Å². The Kier molecular flexibility index (Phi) is 7.49. The summed E-state index contributed by atoms with van der Waals surface area (Å²) in [7, 11) is 5.50. The number of phenolic OH excluding ortho intramolecular Hbond substituents is 2. The SMILES string of the molecule is COC1=C(OC)C(=O)C(C)=C(C)C1=O.COc1c(O)c(C)c(C)c(O)c1OC. The van der Waals surface area contributed by atoms with Gasteiger partial charge in [-0.05, 0) is 27.7 Å². The molecule has 0 unspecified atom stereocenters. The molecule has 1 aromatic carbocycles. The first-order chi connectivity index (χ1) is 13.1. The number of methoxy groups -OCH3 is 4. The van der Waals surface area contributed by atoms with Crippen LogP contribution in [0, 0.1) is 13.8 Å². The molecule has 8 nitrogen and oxygen atoms in total. The van der Waals surface area contributed by atoms with Gasteiger partial charge in [0, 0.05) is 22.3 Å². The summed E-state index contributed by atoms with van der Waals surface area (Å²) in [5.41, 5.74) is 1.99. The predicted octanol–water partition coefficient (Wildman–Crippen LogP) is 2.71. The van der Waals surface area contributed by atoms with Gasteiger partial charge in [0.25, 0.3) is 0 Å². The molecule has 0 saturated heterocycles. The van der Waals surface area contributed by atoms with Gasteiger partial charge in [-0.1, -0.05) is 0 Å². The van der Waals surface area contributed by atoms with Crippen molar-refractivity contribution in [3.05, 3.63) is 33.8 Å². The maximum Gasteiger partial charge on any atom is 0.227 e. The van der Waals surface area contributed by atoms with Crippen molar-refractivity contribution in [2.75, 3.05) is 28.4 Å². The lowest BCUT2D eigenvalue weighted by atomic mass is 9.94. The van der Waals surface area contributed by atoms with Crippen molar-refractivity contribution in [3.8, 4) is 23.0 Å². The number of ether oxygens (including phenoxy) is 4. The highest BCUT2D eigenvalue weighted by Crippen LogP contribution is 2.47. The topological polar surface area (TPSA) is 112 Å². The normalized spacial score (nSPS) is 13.9. The van der Waals surface area contributed by atoms with Gasteiger partial charge < -0.3 is 29.2 Å². The van der Waals surface area contributed by atoms with E-state index in [1.54, 1.807) is 27.7 Å². The van der Waals surface area contributed by atoms with Crippen molar-refractivity contribution < 1.29 is 38.7 Å². The fourth-order valence-electron chi connectivity index (χ4n) is 2.55. The maximum absolute atomic E-state index is 11.6. The van der Waals surface area contributed by atoms with E-state index < -0.39 is 0 Å². The van der Waals surface area contributed by atoms with Gasteiger partial charge in [-0.3, -0.25) is 9.59 Å². The van der Waals surface area contributed by atoms with Crippen molar-refractivity contribution in [1.29, 1.82) is 0 Å². The van der Waals surface area contributed by atoms with Crippen molar-refractivity contribution in [2.24, 2.45) is 0 Å². The van der Waals surface area contributed by atoms with Crippen LogP contribution >= 0.6 is 0 Å². The standard InChI is InChI=1S/C10H14O4.C10H12O4/c2*1-5-6(2)8(12)10(14-4)9(13-3)7(5)11/h11-12H,1-4H3;1-4H3. The summed E-state index contributed by atoms with van der Waals surface area (Å²) < 4.78 is 19.6. The summed E-state index contributed by atoms with van der Waals surface area (Å²) in [6.45, 7) is 6.60. The molecule has 0 heterocycles. The van der Waals surface area contributed by atoms with Gasteiger partial charge in [-0.25, -0.2) is 0 Å². The summed E-state index contributed by atoms with van der Waals surface area (Å²) in [6, 6.07) is 0. The van der Waals surface area contributed by atoms with Gasteiger partial charge in [0.05, 0.1) is 28.4 Å². The molecular weight excluding hydrogens is 368 g/mol. The van der Waals surface area contributed by atoms with Crippen LogP contribution in [-0.4, -0.2) is 50.2 Å². The molecule has 8 heteroatoms. The Morgan fingerprint density at radius 3 is 1.07 bits per heavy atom. The minimum Gasteiger partial charge on any atom is -0.504 e. The third-order valence-electron chi connectivity index (χ3n) is 4.59. The highest BCUT2D eigenvalue weighted by molar-refractivity contribution is 6.23. The largest absolute Gasteiger partial charge is 0.504 e. The van der Waals surface area contributed by atoms with Gasteiger partial charge >= 0.3 is 0 Å². The van der Waals surface area contributed by atoms with Crippen molar-refractivity contribution in [2.45, 2.75) is 27.7 Å². The van der Waals surface area contributed by atoms with E-state index in [1.165, 1.54) is 28.4 Å². The Morgan fingerprint density at radius 1 is 0.571 bits per heavy atom. The summed E-state index contributed by atoms with van der Waals surface area (Å²) >= 11 is 0. The van der Waals surface area contributed by atoms with Crippen LogP contribution in [0.15, 0.2) is 22.7 Å². The monoisotopic (exact) mass is 394 g/mol. The van der Waals surface area contributed by atoms with E-state index >= 15 is 0 Å². The van der Waals surface area contributed by atoms with Crippen molar-refractivity contribution in [1.82, 2.24) is 0 Å². The van der Waals surface area contributed by atoms with Gasteiger partial charge in [-0.2, -0.15) is 0 Å². The molecule has 0 aromatic heterocycles. The maximum atomic E-state index is 11.6. The van der Waals surface area contributed by atoms with Crippen LogP contribution in [0.3, 0.4) is 0 Å². The summed E-state index contributed by atoms with van der Waals surface area (Å²) in [6.07, 6.45) is 0. The Balaban J connectivity index is 0.000000280. The average molecular weight is 394 g/mol.